The SMILES string of the molecule is COc1ccc(NC(N)=NCCCCN2CCC(C)CC2)cc1Cl. The summed E-state index contributed by atoms with van der Waals surface area (Å²) in [5.41, 5.74) is 6.73. The molecule has 1 aromatic rings. The van der Waals surface area contributed by atoms with Gasteiger partial charge in [0.2, 0.25) is 0 Å². The molecule has 1 fully saturated rings. The van der Waals surface area contributed by atoms with Gasteiger partial charge in [0, 0.05) is 12.2 Å². The molecule has 134 valence electrons. The molecule has 0 radical (unpaired) electrons. The Kier molecular flexibility index (Phi) is 7.66. The maximum atomic E-state index is 6.09. The van der Waals surface area contributed by atoms with Gasteiger partial charge in [-0.3, -0.25) is 4.99 Å². The molecule has 0 saturated carbocycles. The Morgan fingerprint density at radius 3 is 2.79 bits per heavy atom. The van der Waals surface area contributed by atoms with E-state index in [9.17, 15) is 0 Å². The summed E-state index contributed by atoms with van der Waals surface area (Å²) in [5, 5.41) is 3.60. The highest BCUT2D eigenvalue weighted by atomic mass is 35.5. The molecule has 1 aliphatic rings. The molecule has 0 unspecified atom stereocenters. The van der Waals surface area contributed by atoms with Crippen LogP contribution in [-0.4, -0.2) is 44.1 Å². The topological polar surface area (TPSA) is 62.9 Å². The molecule has 0 amide bonds. The van der Waals surface area contributed by atoms with Gasteiger partial charge in [0.25, 0.3) is 0 Å². The van der Waals surface area contributed by atoms with Crippen LogP contribution in [0.25, 0.3) is 0 Å². The van der Waals surface area contributed by atoms with Crippen LogP contribution >= 0.6 is 11.6 Å². The molecule has 0 spiro atoms. The Hall–Kier alpha value is -1.46. The van der Waals surface area contributed by atoms with E-state index in [4.69, 9.17) is 22.1 Å². The van der Waals surface area contributed by atoms with E-state index < -0.39 is 0 Å². The summed E-state index contributed by atoms with van der Waals surface area (Å²) in [6, 6.07) is 5.45. The first-order valence-electron chi connectivity index (χ1n) is 8.71. The summed E-state index contributed by atoms with van der Waals surface area (Å²) in [6.07, 6.45) is 4.89. The number of methoxy groups -OCH3 is 1. The van der Waals surface area contributed by atoms with Gasteiger partial charge in [0.1, 0.15) is 5.75 Å². The molecule has 0 aliphatic carbocycles. The number of unbranched alkanes of at least 4 members (excludes halogenated alkanes) is 1. The van der Waals surface area contributed by atoms with Crippen LogP contribution in [0.2, 0.25) is 5.02 Å². The highest BCUT2D eigenvalue weighted by molar-refractivity contribution is 6.32. The number of halogens is 1. The minimum absolute atomic E-state index is 0.419. The average Bonchev–Trinajstić information content (AvgIpc) is 2.56. The molecule has 1 saturated heterocycles. The number of nitrogens with two attached hydrogens (primary N) is 1. The number of rotatable bonds is 7. The van der Waals surface area contributed by atoms with Gasteiger partial charge in [0.05, 0.1) is 12.1 Å². The van der Waals surface area contributed by atoms with Crippen LogP contribution in [0.1, 0.15) is 32.6 Å². The first-order chi connectivity index (χ1) is 11.6. The molecule has 6 heteroatoms. The van der Waals surface area contributed by atoms with Crippen molar-refractivity contribution < 1.29 is 4.74 Å². The fourth-order valence-electron chi connectivity index (χ4n) is 2.86. The molecule has 3 N–H and O–H groups in total. The van der Waals surface area contributed by atoms with Crippen molar-refractivity contribution >= 4 is 23.2 Å². The van der Waals surface area contributed by atoms with E-state index in [1.807, 2.05) is 6.07 Å². The lowest BCUT2D eigenvalue weighted by Gasteiger charge is -2.30. The number of nitrogens with zero attached hydrogens (tertiary/aromatic N) is 2. The standard InChI is InChI=1S/C18H29ClN4O/c1-14-7-11-23(12-8-14)10-4-3-9-21-18(20)22-15-5-6-17(24-2)16(19)13-15/h5-6,13-14H,3-4,7-12H2,1-2H3,(H3,20,21,22). The number of aliphatic imine (C=N–C) groups is 1. The molecule has 0 bridgehead atoms. The van der Waals surface area contributed by atoms with Crippen molar-refractivity contribution in [2.75, 3.05) is 38.6 Å². The van der Waals surface area contributed by atoms with Crippen LogP contribution in [0.15, 0.2) is 23.2 Å². The van der Waals surface area contributed by atoms with Crippen LogP contribution in [0.4, 0.5) is 5.69 Å². The van der Waals surface area contributed by atoms with E-state index in [1.165, 1.54) is 38.9 Å². The number of piperidine rings is 1. The Bertz CT molecular complexity index is 542. The second-order valence-corrected chi connectivity index (χ2v) is 6.88. The largest absolute Gasteiger partial charge is 0.495 e. The predicted molar refractivity (Wildman–Crippen MR) is 102 cm³/mol. The number of hydrogen-bond acceptors (Lipinski definition) is 3. The van der Waals surface area contributed by atoms with Crippen molar-refractivity contribution in [2.24, 2.45) is 16.6 Å². The third-order valence-electron chi connectivity index (χ3n) is 4.47. The minimum Gasteiger partial charge on any atom is -0.495 e. The number of guanidine groups is 1. The van der Waals surface area contributed by atoms with E-state index in [0.717, 1.165) is 24.6 Å². The average molecular weight is 353 g/mol. The smallest absolute Gasteiger partial charge is 0.193 e. The van der Waals surface area contributed by atoms with E-state index >= 15 is 0 Å². The fourth-order valence-corrected chi connectivity index (χ4v) is 3.12. The number of benzene rings is 1. The zero-order valence-corrected chi connectivity index (χ0v) is 15.5. The van der Waals surface area contributed by atoms with E-state index in [2.05, 4.69) is 22.1 Å². The molecule has 1 aromatic carbocycles. The lowest BCUT2D eigenvalue weighted by molar-refractivity contribution is 0.190. The Morgan fingerprint density at radius 2 is 2.12 bits per heavy atom. The van der Waals surface area contributed by atoms with Crippen LogP contribution in [-0.2, 0) is 0 Å². The Labute approximate surface area is 150 Å². The number of likely N-dealkylation sites (tertiary alicyclic amines) is 1. The molecule has 5 nitrogen and oxygen atoms in total. The zero-order valence-electron chi connectivity index (χ0n) is 14.7. The molecular weight excluding hydrogens is 324 g/mol. The highest BCUT2D eigenvalue weighted by Gasteiger charge is 2.14. The van der Waals surface area contributed by atoms with Gasteiger partial charge < -0.3 is 20.7 Å². The van der Waals surface area contributed by atoms with Crippen molar-refractivity contribution in [1.29, 1.82) is 0 Å². The molecule has 24 heavy (non-hydrogen) atoms. The highest BCUT2D eigenvalue weighted by Crippen LogP contribution is 2.27. The monoisotopic (exact) mass is 352 g/mol. The minimum atomic E-state index is 0.419. The van der Waals surface area contributed by atoms with E-state index in [1.54, 1.807) is 19.2 Å². The van der Waals surface area contributed by atoms with Crippen molar-refractivity contribution in [3.63, 3.8) is 0 Å². The van der Waals surface area contributed by atoms with Crippen molar-refractivity contribution in [2.45, 2.75) is 32.6 Å². The Morgan fingerprint density at radius 1 is 1.38 bits per heavy atom. The number of nitrogens with one attached hydrogen (secondary N) is 1. The van der Waals surface area contributed by atoms with Crippen LogP contribution in [0.3, 0.4) is 0 Å². The zero-order chi connectivity index (χ0) is 17.4. The first kappa shape index (κ1) is 18.9. The summed E-state index contributed by atoms with van der Waals surface area (Å²) in [5.74, 6) is 1.95. The number of ether oxygens (including phenoxy) is 1. The third-order valence-corrected chi connectivity index (χ3v) is 4.76. The van der Waals surface area contributed by atoms with Gasteiger partial charge in [-0.2, -0.15) is 0 Å². The normalized spacial score (nSPS) is 17.0. The predicted octanol–water partition coefficient (Wildman–Crippen LogP) is 3.59. The van der Waals surface area contributed by atoms with Crippen LogP contribution in [0, 0.1) is 5.92 Å². The second kappa shape index (κ2) is 9.74. The van der Waals surface area contributed by atoms with E-state index in [0.29, 0.717) is 16.7 Å². The van der Waals surface area contributed by atoms with Gasteiger partial charge in [-0.15, -0.1) is 0 Å². The third kappa shape index (κ3) is 6.21. The molecule has 2 rings (SSSR count). The summed E-state index contributed by atoms with van der Waals surface area (Å²) < 4.78 is 5.13. The molecule has 0 atom stereocenters. The fraction of sp³-hybridized carbons (Fsp3) is 0.611. The quantitative estimate of drug-likeness (QED) is 0.447. The maximum Gasteiger partial charge on any atom is 0.193 e. The number of hydrogen-bond donors (Lipinski definition) is 2. The van der Waals surface area contributed by atoms with Crippen molar-refractivity contribution in [3.05, 3.63) is 23.2 Å². The van der Waals surface area contributed by atoms with Gasteiger partial charge in [-0.25, -0.2) is 0 Å². The summed E-state index contributed by atoms with van der Waals surface area (Å²) in [6.45, 7) is 6.74. The molecule has 1 heterocycles. The first-order valence-corrected chi connectivity index (χ1v) is 9.09. The maximum absolute atomic E-state index is 6.09. The van der Waals surface area contributed by atoms with Crippen molar-refractivity contribution in [3.8, 4) is 5.75 Å². The summed E-state index contributed by atoms with van der Waals surface area (Å²) in [4.78, 5) is 6.94. The summed E-state index contributed by atoms with van der Waals surface area (Å²) >= 11 is 6.09. The van der Waals surface area contributed by atoms with Gasteiger partial charge in [-0.05, 0) is 69.4 Å². The lowest BCUT2D eigenvalue weighted by Crippen LogP contribution is -2.33. The molecule has 1 aliphatic heterocycles. The summed E-state index contributed by atoms with van der Waals surface area (Å²) in [7, 11) is 1.59. The lowest BCUT2D eigenvalue weighted by atomic mass is 9.99. The van der Waals surface area contributed by atoms with Crippen molar-refractivity contribution in [1.82, 2.24) is 4.90 Å². The van der Waals surface area contributed by atoms with Gasteiger partial charge in [0.15, 0.2) is 5.96 Å². The second-order valence-electron chi connectivity index (χ2n) is 6.47. The van der Waals surface area contributed by atoms with Gasteiger partial charge in [-0.1, -0.05) is 18.5 Å². The van der Waals surface area contributed by atoms with Crippen LogP contribution in [0.5, 0.6) is 5.75 Å². The Balaban J connectivity index is 1.65. The van der Waals surface area contributed by atoms with E-state index in [-0.39, 0.29) is 0 Å². The van der Waals surface area contributed by atoms with Crippen LogP contribution < -0.4 is 15.8 Å². The molecular formula is C18H29ClN4O. The van der Waals surface area contributed by atoms with Gasteiger partial charge >= 0.3 is 0 Å². The molecule has 0 aromatic heterocycles. The number of anilines is 1.